The van der Waals surface area contributed by atoms with Crippen LogP contribution in [0.1, 0.15) is 43.4 Å². The topological polar surface area (TPSA) is 49.3 Å². The Morgan fingerprint density at radius 1 is 1.39 bits per heavy atom. The molecule has 0 saturated heterocycles. The number of likely N-dealkylation sites (N-methyl/N-ethyl adjacent to an activating group) is 1. The van der Waals surface area contributed by atoms with E-state index in [1.807, 2.05) is 19.1 Å². The number of carbonyl (C=O) groups is 1. The number of aryl methyl sites for hydroxylation is 1. The summed E-state index contributed by atoms with van der Waals surface area (Å²) in [5.74, 6) is -1.27. The minimum atomic E-state index is -0.779. The molecule has 0 aliphatic carbocycles. The number of carboxylic acid groups (broad SMARTS) is 1. The molecule has 0 bridgehead atoms. The Labute approximate surface area is 109 Å². The van der Waals surface area contributed by atoms with E-state index in [1.54, 1.807) is 7.05 Å². The standard InChI is InChI=1S/C15H23NO2/c1-10-6-7-11(15(2,3)4)8-12(10)13(9-16-5)14(17)18/h6-8,13,16H,9H2,1-5H3,(H,17,18). The van der Waals surface area contributed by atoms with Gasteiger partial charge in [0.2, 0.25) is 0 Å². The molecule has 18 heavy (non-hydrogen) atoms. The van der Waals surface area contributed by atoms with Gasteiger partial charge in [0.1, 0.15) is 0 Å². The van der Waals surface area contributed by atoms with Crippen LogP contribution in [0.4, 0.5) is 0 Å². The minimum absolute atomic E-state index is 0.0329. The summed E-state index contributed by atoms with van der Waals surface area (Å²) < 4.78 is 0. The first-order valence-corrected chi connectivity index (χ1v) is 6.25. The van der Waals surface area contributed by atoms with Crippen molar-refractivity contribution >= 4 is 5.97 Å². The highest BCUT2D eigenvalue weighted by Gasteiger charge is 2.23. The third-order valence-electron chi connectivity index (χ3n) is 3.23. The molecule has 3 nitrogen and oxygen atoms in total. The molecule has 0 aliphatic rings. The molecule has 2 N–H and O–H groups in total. The summed E-state index contributed by atoms with van der Waals surface area (Å²) in [5, 5.41) is 12.3. The van der Waals surface area contributed by atoms with Crippen molar-refractivity contribution in [1.29, 1.82) is 0 Å². The van der Waals surface area contributed by atoms with Crippen molar-refractivity contribution < 1.29 is 9.90 Å². The molecule has 1 rings (SSSR count). The number of rotatable bonds is 4. The van der Waals surface area contributed by atoms with E-state index >= 15 is 0 Å². The van der Waals surface area contributed by atoms with Crippen LogP contribution >= 0.6 is 0 Å². The molecular formula is C15H23NO2. The van der Waals surface area contributed by atoms with Crippen molar-refractivity contribution in [3.05, 3.63) is 34.9 Å². The van der Waals surface area contributed by atoms with Crippen LogP contribution in [0, 0.1) is 6.92 Å². The average Bonchev–Trinajstić information content (AvgIpc) is 2.25. The van der Waals surface area contributed by atoms with Crippen LogP contribution < -0.4 is 5.32 Å². The zero-order chi connectivity index (χ0) is 13.9. The molecule has 3 heteroatoms. The van der Waals surface area contributed by atoms with Crippen LogP contribution in [0.15, 0.2) is 18.2 Å². The quantitative estimate of drug-likeness (QED) is 0.862. The molecule has 100 valence electrons. The normalized spacial score (nSPS) is 13.4. The first-order valence-electron chi connectivity index (χ1n) is 6.25. The van der Waals surface area contributed by atoms with Crippen molar-refractivity contribution in [3.63, 3.8) is 0 Å². The van der Waals surface area contributed by atoms with Crippen molar-refractivity contribution in [2.45, 2.75) is 39.0 Å². The SMILES string of the molecule is CNCC(C(=O)O)c1cc(C(C)(C)C)ccc1C. The van der Waals surface area contributed by atoms with Gasteiger partial charge in [-0.25, -0.2) is 0 Å². The highest BCUT2D eigenvalue weighted by Crippen LogP contribution is 2.28. The number of carboxylic acids is 1. The fourth-order valence-electron chi connectivity index (χ4n) is 2.02. The van der Waals surface area contributed by atoms with Crippen molar-refractivity contribution in [2.24, 2.45) is 0 Å². The van der Waals surface area contributed by atoms with Crippen LogP contribution in [0.25, 0.3) is 0 Å². The molecule has 0 saturated carbocycles. The lowest BCUT2D eigenvalue weighted by atomic mass is 9.83. The maximum Gasteiger partial charge on any atom is 0.312 e. The molecule has 1 unspecified atom stereocenters. The van der Waals surface area contributed by atoms with Gasteiger partial charge in [-0.05, 0) is 36.1 Å². The molecule has 0 aromatic heterocycles. The third-order valence-corrected chi connectivity index (χ3v) is 3.23. The summed E-state index contributed by atoms with van der Waals surface area (Å²) in [6.07, 6.45) is 0. The van der Waals surface area contributed by atoms with Crippen LogP contribution in [-0.4, -0.2) is 24.7 Å². The van der Waals surface area contributed by atoms with E-state index in [0.29, 0.717) is 6.54 Å². The Balaban J connectivity index is 3.25. The molecule has 0 aliphatic heterocycles. The van der Waals surface area contributed by atoms with Gasteiger partial charge in [-0.2, -0.15) is 0 Å². The lowest BCUT2D eigenvalue weighted by Crippen LogP contribution is -2.25. The zero-order valence-electron chi connectivity index (χ0n) is 11.9. The van der Waals surface area contributed by atoms with Crippen molar-refractivity contribution in [1.82, 2.24) is 5.32 Å². The van der Waals surface area contributed by atoms with E-state index in [1.165, 1.54) is 5.56 Å². The van der Waals surface area contributed by atoms with Gasteiger partial charge in [0, 0.05) is 6.54 Å². The van der Waals surface area contributed by atoms with E-state index in [-0.39, 0.29) is 5.41 Å². The predicted octanol–water partition coefficient (Wildman–Crippen LogP) is 2.68. The maximum absolute atomic E-state index is 11.4. The van der Waals surface area contributed by atoms with Gasteiger partial charge in [-0.15, -0.1) is 0 Å². The first-order chi connectivity index (χ1) is 8.27. The fourth-order valence-corrected chi connectivity index (χ4v) is 2.02. The van der Waals surface area contributed by atoms with Crippen molar-refractivity contribution in [2.75, 3.05) is 13.6 Å². The Bertz CT molecular complexity index is 433. The number of hydrogen-bond acceptors (Lipinski definition) is 2. The summed E-state index contributed by atoms with van der Waals surface area (Å²) in [4.78, 5) is 11.4. The van der Waals surface area contributed by atoms with Crippen LogP contribution in [0.3, 0.4) is 0 Å². The number of nitrogens with one attached hydrogen (secondary N) is 1. The third kappa shape index (κ3) is 3.33. The molecule has 1 aromatic rings. The van der Waals surface area contributed by atoms with Gasteiger partial charge >= 0.3 is 5.97 Å². The molecule has 0 fully saturated rings. The summed E-state index contributed by atoms with van der Waals surface area (Å²) >= 11 is 0. The maximum atomic E-state index is 11.4. The average molecular weight is 249 g/mol. The van der Waals surface area contributed by atoms with Gasteiger partial charge in [-0.3, -0.25) is 4.79 Å². The van der Waals surface area contributed by atoms with Gasteiger partial charge in [0.25, 0.3) is 0 Å². The monoisotopic (exact) mass is 249 g/mol. The van der Waals surface area contributed by atoms with E-state index in [4.69, 9.17) is 0 Å². The van der Waals surface area contributed by atoms with Crippen LogP contribution in [0.5, 0.6) is 0 Å². The minimum Gasteiger partial charge on any atom is -0.481 e. The smallest absolute Gasteiger partial charge is 0.312 e. The largest absolute Gasteiger partial charge is 0.481 e. The van der Waals surface area contributed by atoms with Crippen LogP contribution in [-0.2, 0) is 10.2 Å². The lowest BCUT2D eigenvalue weighted by molar-refractivity contribution is -0.138. The Morgan fingerprint density at radius 2 is 2.00 bits per heavy atom. The molecule has 1 atom stereocenters. The van der Waals surface area contributed by atoms with Crippen LogP contribution in [0.2, 0.25) is 0 Å². The second-order valence-electron chi connectivity index (χ2n) is 5.77. The molecule has 0 spiro atoms. The Morgan fingerprint density at radius 3 is 2.44 bits per heavy atom. The van der Waals surface area contributed by atoms with E-state index in [0.717, 1.165) is 11.1 Å². The van der Waals surface area contributed by atoms with Gasteiger partial charge in [0.05, 0.1) is 5.92 Å². The number of aliphatic carboxylic acids is 1. The Kier molecular flexibility index (Phi) is 4.52. The van der Waals surface area contributed by atoms with Crippen molar-refractivity contribution in [3.8, 4) is 0 Å². The highest BCUT2D eigenvalue weighted by atomic mass is 16.4. The summed E-state index contributed by atoms with van der Waals surface area (Å²) in [7, 11) is 1.78. The van der Waals surface area contributed by atoms with E-state index < -0.39 is 11.9 Å². The summed E-state index contributed by atoms with van der Waals surface area (Å²) in [6, 6.07) is 6.13. The second kappa shape index (κ2) is 5.53. The van der Waals surface area contributed by atoms with E-state index in [9.17, 15) is 9.90 Å². The molecule has 0 heterocycles. The zero-order valence-corrected chi connectivity index (χ0v) is 11.9. The molecule has 1 aromatic carbocycles. The number of hydrogen-bond donors (Lipinski definition) is 2. The highest BCUT2D eigenvalue weighted by molar-refractivity contribution is 5.77. The first kappa shape index (κ1) is 14.7. The van der Waals surface area contributed by atoms with Gasteiger partial charge < -0.3 is 10.4 Å². The molecule has 0 radical (unpaired) electrons. The summed E-state index contributed by atoms with van der Waals surface area (Å²) in [6.45, 7) is 8.82. The van der Waals surface area contributed by atoms with Gasteiger partial charge in [-0.1, -0.05) is 39.0 Å². The summed E-state index contributed by atoms with van der Waals surface area (Å²) in [5.41, 5.74) is 3.14. The predicted molar refractivity (Wildman–Crippen MR) is 74.2 cm³/mol. The number of benzene rings is 1. The Hall–Kier alpha value is -1.35. The molecule has 0 amide bonds. The molecular weight excluding hydrogens is 226 g/mol. The van der Waals surface area contributed by atoms with Gasteiger partial charge in [0.15, 0.2) is 0 Å². The fraction of sp³-hybridized carbons (Fsp3) is 0.533. The second-order valence-corrected chi connectivity index (χ2v) is 5.77. The lowest BCUT2D eigenvalue weighted by Gasteiger charge is -2.23. The van der Waals surface area contributed by atoms with E-state index in [2.05, 4.69) is 32.2 Å².